The highest BCUT2D eigenvalue weighted by molar-refractivity contribution is 5.97. The largest absolute Gasteiger partial charge is 0.505 e. The van der Waals surface area contributed by atoms with Gasteiger partial charge < -0.3 is 35.2 Å². The van der Waals surface area contributed by atoms with Crippen molar-refractivity contribution in [3.8, 4) is 5.75 Å². The van der Waals surface area contributed by atoms with Crippen molar-refractivity contribution < 1.29 is 39.1 Å². The Morgan fingerprint density at radius 2 is 1.85 bits per heavy atom. The van der Waals surface area contributed by atoms with Crippen molar-refractivity contribution in [2.75, 3.05) is 6.79 Å². The summed E-state index contributed by atoms with van der Waals surface area (Å²) in [6, 6.07) is 2.49. The number of aliphatic hydroxyl groups is 3. The van der Waals surface area contributed by atoms with Gasteiger partial charge in [0, 0.05) is 5.57 Å². The molecule has 1 unspecified atom stereocenters. The molecule has 1 aromatic carbocycles. The van der Waals surface area contributed by atoms with Crippen molar-refractivity contribution >= 4 is 12.0 Å². The average molecular weight is 369 g/mol. The molecule has 0 bridgehead atoms. The number of halogens is 1. The van der Waals surface area contributed by atoms with E-state index < -0.39 is 54.0 Å². The van der Waals surface area contributed by atoms with E-state index in [1.165, 1.54) is 19.1 Å². The van der Waals surface area contributed by atoms with Crippen LogP contribution in [0.25, 0.3) is 6.08 Å². The molecule has 9 heteroatoms. The number of amides is 1. The number of hydrogen-bond donors (Lipinski definition) is 5. The Morgan fingerprint density at radius 3 is 2.50 bits per heavy atom. The number of benzene rings is 1. The molecule has 0 radical (unpaired) electrons. The van der Waals surface area contributed by atoms with Crippen LogP contribution in [0.2, 0.25) is 0 Å². The van der Waals surface area contributed by atoms with Gasteiger partial charge in [0.1, 0.15) is 37.3 Å². The number of phenolic OH excluding ortho intramolecular Hbond substituents is 1. The molecule has 1 aliphatic heterocycles. The fraction of sp³-hybridized carbons (Fsp3) is 0.471. The standard InChI is InChI=1S/C17H20FNO7/c1-7(4-8-2-3-10(20)9(18)5-8)17(24)19-11-12(21)14(23)16-15(13(11)22)25-6-26-16/h2-5,11-16,20-23H,6H2,1H3,(H,19,24)/t11?,12-,13+,14+,15-,16+/m0/s1. The Kier molecular flexibility index (Phi) is 5.26. The van der Waals surface area contributed by atoms with E-state index in [-0.39, 0.29) is 12.4 Å². The van der Waals surface area contributed by atoms with Gasteiger partial charge in [-0.15, -0.1) is 0 Å². The van der Waals surface area contributed by atoms with Crippen molar-refractivity contribution in [2.24, 2.45) is 0 Å². The SMILES string of the molecule is CC(=Cc1ccc(O)c(F)c1)C(=O)NC1[C@@H](O)[C@@H]2OCO[C@@H]2[C@H](O)[C@H]1O. The van der Waals surface area contributed by atoms with Gasteiger partial charge in [0.15, 0.2) is 11.6 Å². The number of aromatic hydroxyl groups is 1. The van der Waals surface area contributed by atoms with E-state index in [1.54, 1.807) is 0 Å². The van der Waals surface area contributed by atoms with E-state index in [4.69, 9.17) is 9.47 Å². The minimum Gasteiger partial charge on any atom is -0.505 e. The molecule has 142 valence electrons. The predicted octanol–water partition coefficient (Wildman–Crippen LogP) is -0.743. The lowest BCUT2D eigenvalue weighted by Gasteiger charge is -2.41. The third-order valence-electron chi connectivity index (χ3n) is 4.61. The van der Waals surface area contributed by atoms with Crippen LogP contribution in [0.3, 0.4) is 0 Å². The van der Waals surface area contributed by atoms with Gasteiger partial charge in [-0.05, 0) is 30.7 Å². The van der Waals surface area contributed by atoms with Crippen LogP contribution in [0.1, 0.15) is 12.5 Å². The fourth-order valence-electron chi connectivity index (χ4n) is 3.15. The number of fused-ring (bicyclic) bond motifs is 1. The molecule has 1 saturated heterocycles. The Morgan fingerprint density at radius 1 is 1.19 bits per heavy atom. The number of hydrogen-bond acceptors (Lipinski definition) is 7. The van der Waals surface area contributed by atoms with Crippen LogP contribution in [0.15, 0.2) is 23.8 Å². The second kappa shape index (κ2) is 7.29. The first kappa shape index (κ1) is 18.7. The van der Waals surface area contributed by atoms with E-state index in [0.29, 0.717) is 5.56 Å². The minimum absolute atomic E-state index is 0.123. The molecular weight excluding hydrogens is 349 g/mol. The normalized spacial score (nSPS) is 34.4. The van der Waals surface area contributed by atoms with Crippen LogP contribution in [-0.4, -0.2) is 69.7 Å². The number of carbonyl (C=O) groups is 1. The lowest BCUT2D eigenvalue weighted by Crippen LogP contribution is -2.67. The van der Waals surface area contributed by atoms with Crippen LogP contribution in [0.4, 0.5) is 4.39 Å². The van der Waals surface area contributed by atoms with E-state index in [0.717, 1.165) is 12.1 Å². The molecular formula is C17H20FNO7. The molecule has 26 heavy (non-hydrogen) atoms. The molecule has 2 fully saturated rings. The van der Waals surface area contributed by atoms with Gasteiger partial charge in [0.2, 0.25) is 5.91 Å². The molecule has 5 N–H and O–H groups in total. The number of rotatable bonds is 3. The molecule has 0 aromatic heterocycles. The Balaban J connectivity index is 1.73. The second-order valence-corrected chi connectivity index (χ2v) is 6.39. The fourth-order valence-corrected chi connectivity index (χ4v) is 3.15. The highest BCUT2D eigenvalue weighted by atomic mass is 19.1. The predicted molar refractivity (Wildman–Crippen MR) is 86.3 cm³/mol. The summed E-state index contributed by atoms with van der Waals surface area (Å²) in [6.07, 6.45) is -4.40. The quantitative estimate of drug-likeness (QED) is 0.444. The lowest BCUT2D eigenvalue weighted by atomic mass is 9.83. The highest BCUT2D eigenvalue weighted by Crippen LogP contribution is 2.30. The Labute approximate surface area is 148 Å². The maximum Gasteiger partial charge on any atom is 0.247 e. The summed E-state index contributed by atoms with van der Waals surface area (Å²) in [4.78, 5) is 12.4. The summed E-state index contributed by atoms with van der Waals surface area (Å²) in [7, 11) is 0. The van der Waals surface area contributed by atoms with Gasteiger partial charge in [-0.3, -0.25) is 4.79 Å². The van der Waals surface area contributed by atoms with E-state index in [9.17, 15) is 29.6 Å². The lowest BCUT2D eigenvalue weighted by molar-refractivity contribution is -0.155. The molecule has 1 amide bonds. The molecule has 8 nitrogen and oxygen atoms in total. The maximum absolute atomic E-state index is 13.4. The molecule has 6 atom stereocenters. The third kappa shape index (κ3) is 3.44. The van der Waals surface area contributed by atoms with Crippen molar-refractivity contribution in [2.45, 2.75) is 43.5 Å². The van der Waals surface area contributed by atoms with Crippen LogP contribution in [0, 0.1) is 5.82 Å². The summed E-state index contributed by atoms with van der Waals surface area (Å²) in [5.74, 6) is -1.94. The van der Waals surface area contributed by atoms with Crippen molar-refractivity contribution in [1.82, 2.24) is 5.32 Å². The van der Waals surface area contributed by atoms with E-state index in [1.807, 2.05) is 0 Å². The van der Waals surface area contributed by atoms with E-state index >= 15 is 0 Å². The van der Waals surface area contributed by atoms with Gasteiger partial charge in [-0.2, -0.15) is 0 Å². The number of aliphatic hydroxyl groups excluding tert-OH is 3. The number of carbonyl (C=O) groups excluding carboxylic acids is 1. The van der Waals surface area contributed by atoms with Crippen LogP contribution >= 0.6 is 0 Å². The number of phenols is 1. The monoisotopic (exact) mass is 369 g/mol. The number of ether oxygens (including phenoxy) is 2. The minimum atomic E-state index is -1.45. The van der Waals surface area contributed by atoms with Crippen LogP contribution in [0.5, 0.6) is 5.75 Å². The maximum atomic E-state index is 13.4. The molecule has 1 saturated carbocycles. The topological polar surface area (TPSA) is 128 Å². The van der Waals surface area contributed by atoms with Gasteiger partial charge >= 0.3 is 0 Å². The molecule has 1 aromatic rings. The summed E-state index contributed by atoms with van der Waals surface area (Å²) < 4.78 is 23.7. The summed E-state index contributed by atoms with van der Waals surface area (Å²) in [6.45, 7) is 1.35. The van der Waals surface area contributed by atoms with Crippen molar-refractivity contribution in [3.63, 3.8) is 0 Å². The summed E-state index contributed by atoms with van der Waals surface area (Å²) in [5, 5.41) is 42.2. The molecule has 1 aliphatic carbocycles. The van der Waals surface area contributed by atoms with Crippen LogP contribution < -0.4 is 5.32 Å². The first-order valence-electron chi connectivity index (χ1n) is 8.04. The van der Waals surface area contributed by atoms with E-state index in [2.05, 4.69) is 5.32 Å². The van der Waals surface area contributed by atoms with Gasteiger partial charge in [-0.25, -0.2) is 4.39 Å². The first-order valence-corrected chi connectivity index (χ1v) is 8.04. The molecule has 1 heterocycles. The van der Waals surface area contributed by atoms with Crippen LogP contribution in [-0.2, 0) is 14.3 Å². The summed E-state index contributed by atoms with van der Waals surface area (Å²) in [5.41, 5.74) is 0.528. The van der Waals surface area contributed by atoms with Crippen molar-refractivity contribution in [1.29, 1.82) is 0 Å². The average Bonchev–Trinajstić information content (AvgIpc) is 3.10. The Hall–Kier alpha value is -2.04. The van der Waals surface area contributed by atoms with Crippen molar-refractivity contribution in [3.05, 3.63) is 35.2 Å². The van der Waals surface area contributed by atoms with Gasteiger partial charge in [-0.1, -0.05) is 6.07 Å². The molecule has 3 rings (SSSR count). The smallest absolute Gasteiger partial charge is 0.247 e. The van der Waals surface area contributed by atoms with Gasteiger partial charge in [0.25, 0.3) is 0 Å². The highest BCUT2D eigenvalue weighted by Gasteiger charge is 2.53. The second-order valence-electron chi connectivity index (χ2n) is 6.39. The zero-order chi connectivity index (χ0) is 19.0. The third-order valence-corrected chi connectivity index (χ3v) is 4.61. The number of nitrogens with one attached hydrogen (secondary N) is 1. The molecule has 0 spiro atoms. The Bertz CT molecular complexity index is 725. The molecule has 2 aliphatic rings. The zero-order valence-corrected chi connectivity index (χ0v) is 13.9. The van der Waals surface area contributed by atoms with Gasteiger partial charge in [0.05, 0.1) is 6.04 Å². The first-order chi connectivity index (χ1) is 12.3. The zero-order valence-electron chi connectivity index (χ0n) is 13.9. The summed E-state index contributed by atoms with van der Waals surface area (Å²) >= 11 is 0.